The summed E-state index contributed by atoms with van der Waals surface area (Å²) in [7, 11) is 1.86. The number of benzene rings is 2. The zero-order valence-corrected chi connectivity index (χ0v) is 11.1. The normalized spacial score (nSPS) is 12.5. The molecule has 3 aromatic rings. The van der Waals surface area contributed by atoms with Gasteiger partial charge in [0, 0.05) is 18.6 Å². The Morgan fingerprint density at radius 3 is 2.60 bits per heavy atom. The van der Waals surface area contributed by atoms with E-state index < -0.39 is 0 Å². The minimum Gasteiger partial charge on any atom is -0.350 e. The summed E-state index contributed by atoms with van der Waals surface area (Å²) >= 11 is 0. The SMILES string of the molecule is Cn1cc(C(C=O)c2ccccc2)c2ccc(F)cc21. The fourth-order valence-corrected chi connectivity index (χ4v) is 2.63. The van der Waals surface area contributed by atoms with Gasteiger partial charge >= 0.3 is 0 Å². The fourth-order valence-electron chi connectivity index (χ4n) is 2.63. The molecule has 3 heteroatoms. The minimum absolute atomic E-state index is 0.271. The number of aromatic nitrogens is 1. The highest BCUT2D eigenvalue weighted by Gasteiger charge is 2.18. The van der Waals surface area contributed by atoms with Crippen LogP contribution in [0.1, 0.15) is 17.0 Å². The van der Waals surface area contributed by atoms with Crippen LogP contribution in [0.2, 0.25) is 0 Å². The summed E-state index contributed by atoms with van der Waals surface area (Å²) in [6.07, 6.45) is 2.84. The summed E-state index contributed by atoms with van der Waals surface area (Å²) in [5.74, 6) is -0.599. The van der Waals surface area contributed by atoms with E-state index in [1.807, 2.05) is 48.1 Å². The van der Waals surface area contributed by atoms with Gasteiger partial charge in [0.05, 0.1) is 11.4 Å². The van der Waals surface area contributed by atoms with Crippen molar-refractivity contribution in [1.82, 2.24) is 4.57 Å². The summed E-state index contributed by atoms with van der Waals surface area (Å²) in [4.78, 5) is 11.5. The lowest BCUT2D eigenvalue weighted by Gasteiger charge is -2.09. The van der Waals surface area contributed by atoms with E-state index in [4.69, 9.17) is 0 Å². The number of hydrogen-bond donors (Lipinski definition) is 0. The molecule has 1 unspecified atom stereocenters. The summed E-state index contributed by atoms with van der Waals surface area (Å²) < 4.78 is 15.2. The summed E-state index contributed by atoms with van der Waals surface area (Å²) in [6.45, 7) is 0. The highest BCUT2D eigenvalue weighted by Crippen LogP contribution is 2.31. The average molecular weight is 267 g/mol. The van der Waals surface area contributed by atoms with Crippen molar-refractivity contribution in [3.05, 3.63) is 71.7 Å². The van der Waals surface area contributed by atoms with Gasteiger partial charge in [-0.05, 0) is 29.3 Å². The van der Waals surface area contributed by atoms with Crippen molar-refractivity contribution in [1.29, 1.82) is 0 Å². The van der Waals surface area contributed by atoms with Gasteiger partial charge in [0.1, 0.15) is 12.1 Å². The number of carbonyl (C=O) groups excluding carboxylic acids is 1. The maximum atomic E-state index is 13.3. The number of nitrogens with zero attached hydrogens (tertiary/aromatic N) is 1. The second-order valence-corrected chi connectivity index (χ2v) is 4.88. The molecule has 2 aromatic carbocycles. The number of hydrogen-bond acceptors (Lipinski definition) is 1. The molecule has 0 bridgehead atoms. The van der Waals surface area contributed by atoms with Gasteiger partial charge in [-0.15, -0.1) is 0 Å². The Bertz CT molecular complexity index is 761. The van der Waals surface area contributed by atoms with Gasteiger partial charge in [0.2, 0.25) is 0 Å². The van der Waals surface area contributed by atoms with Crippen LogP contribution in [-0.4, -0.2) is 10.9 Å². The summed E-state index contributed by atoms with van der Waals surface area (Å²) in [6, 6.07) is 14.3. The Balaban J connectivity index is 2.20. The van der Waals surface area contributed by atoms with Gasteiger partial charge in [-0.2, -0.15) is 0 Å². The number of halogens is 1. The second kappa shape index (κ2) is 4.93. The predicted octanol–water partition coefficient (Wildman–Crippen LogP) is 3.65. The monoisotopic (exact) mass is 267 g/mol. The van der Waals surface area contributed by atoms with E-state index in [2.05, 4.69) is 0 Å². The molecule has 0 aliphatic rings. The summed E-state index contributed by atoms with van der Waals surface area (Å²) in [5.41, 5.74) is 2.64. The van der Waals surface area contributed by atoms with Gasteiger partial charge in [-0.25, -0.2) is 4.39 Å². The van der Waals surface area contributed by atoms with Crippen molar-refractivity contribution in [2.75, 3.05) is 0 Å². The number of carbonyl (C=O) groups is 1. The highest BCUT2D eigenvalue weighted by molar-refractivity contribution is 5.88. The summed E-state index contributed by atoms with van der Waals surface area (Å²) in [5, 5.41) is 0.912. The maximum absolute atomic E-state index is 13.3. The molecule has 20 heavy (non-hydrogen) atoms. The van der Waals surface area contributed by atoms with E-state index in [0.29, 0.717) is 0 Å². The molecular formula is C17H14FNO. The average Bonchev–Trinajstić information content (AvgIpc) is 2.78. The number of aldehydes is 1. The third kappa shape index (κ3) is 2.01. The molecule has 0 amide bonds. The third-order valence-corrected chi connectivity index (χ3v) is 3.61. The molecule has 0 aliphatic carbocycles. The van der Waals surface area contributed by atoms with Crippen molar-refractivity contribution < 1.29 is 9.18 Å². The molecule has 1 aromatic heterocycles. The van der Waals surface area contributed by atoms with Crippen LogP contribution in [0.4, 0.5) is 4.39 Å². The van der Waals surface area contributed by atoms with Crippen LogP contribution in [0.25, 0.3) is 10.9 Å². The minimum atomic E-state index is -0.328. The molecule has 2 nitrogen and oxygen atoms in total. The Hall–Kier alpha value is -2.42. The second-order valence-electron chi connectivity index (χ2n) is 4.88. The van der Waals surface area contributed by atoms with E-state index >= 15 is 0 Å². The van der Waals surface area contributed by atoms with E-state index in [9.17, 15) is 9.18 Å². The molecule has 0 radical (unpaired) electrons. The molecule has 0 saturated carbocycles. The van der Waals surface area contributed by atoms with Crippen LogP contribution in [0.3, 0.4) is 0 Å². The zero-order chi connectivity index (χ0) is 14.1. The first-order valence-corrected chi connectivity index (χ1v) is 6.45. The van der Waals surface area contributed by atoms with Crippen molar-refractivity contribution in [2.45, 2.75) is 5.92 Å². The Kier molecular flexibility index (Phi) is 3.11. The van der Waals surface area contributed by atoms with Crippen LogP contribution >= 0.6 is 0 Å². The Morgan fingerprint density at radius 1 is 1.15 bits per heavy atom. The molecule has 100 valence electrons. The Labute approximate surface area is 116 Å². The number of rotatable bonds is 3. The van der Waals surface area contributed by atoms with Crippen molar-refractivity contribution in [3.63, 3.8) is 0 Å². The highest BCUT2D eigenvalue weighted by atomic mass is 19.1. The molecule has 0 aliphatic heterocycles. The lowest BCUT2D eigenvalue weighted by molar-refractivity contribution is -0.108. The van der Waals surface area contributed by atoms with Gasteiger partial charge in [0.15, 0.2) is 0 Å². The lowest BCUT2D eigenvalue weighted by atomic mass is 9.92. The molecule has 0 fully saturated rings. The van der Waals surface area contributed by atoms with Gasteiger partial charge in [0.25, 0.3) is 0 Å². The molecule has 1 atom stereocenters. The number of aryl methyl sites for hydroxylation is 1. The first-order valence-electron chi connectivity index (χ1n) is 6.45. The first kappa shape index (κ1) is 12.6. The van der Waals surface area contributed by atoms with Crippen LogP contribution < -0.4 is 0 Å². The standard InChI is InChI=1S/C17H14FNO/c1-19-10-15(14-8-7-13(18)9-17(14)19)16(11-20)12-5-3-2-4-6-12/h2-11,16H,1H3. The fraction of sp³-hybridized carbons (Fsp3) is 0.118. The molecule has 0 saturated heterocycles. The van der Waals surface area contributed by atoms with Crippen LogP contribution in [0.5, 0.6) is 0 Å². The maximum Gasteiger partial charge on any atom is 0.131 e. The van der Waals surface area contributed by atoms with Crippen LogP contribution in [0, 0.1) is 5.82 Å². The molecule has 3 rings (SSSR count). The quantitative estimate of drug-likeness (QED) is 0.664. The molecule has 0 N–H and O–H groups in total. The topological polar surface area (TPSA) is 22.0 Å². The van der Waals surface area contributed by atoms with E-state index in [1.54, 1.807) is 6.07 Å². The van der Waals surface area contributed by atoms with Crippen molar-refractivity contribution in [3.8, 4) is 0 Å². The predicted molar refractivity (Wildman–Crippen MR) is 77.2 cm³/mol. The molecule has 0 spiro atoms. The van der Waals surface area contributed by atoms with Crippen molar-refractivity contribution in [2.24, 2.45) is 7.05 Å². The number of fused-ring (bicyclic) bond motifs is 1. The largest absolute Gasteiger partial charge is 0.350 e. The molecular weight excluding hydrogens is 253 g/mol. The smallest absolute Gasteiger partial charge is 0.131 e. The lowest BCUT2D eigenvalue weighted by Crippen LogP contribution is -2.01. The van der Waals surface area contributed by atoms with Gasteiger partial charge in [-0.3, -0.25) is 0 Å². The van der Waals surface area contributed by atoms with Crippen LogP contribution in [0.15, 0.2) is 54.7 Å². The van der Waals surface area contributed by atoms with E-state index in [1.165, 1.54) is 12.1 Å². The Morgan fingerprint density at radius 2 is 1.90 bits per heavy atom. The molecule has 1 heterocycles. The van der Waals surface area contributed by atoms with Gasteiger partial charge in [-0.1, -0.05) is 30.3 Å². The van der Waals surface area contributed by atoms with Gasteiger partial charge < -0.3 is 9.36 Å². The van der Waals surface area contributed by atoms with Crippen LogP contribution in [-0.2, 0) is 11.8 Å². The van der Waals surface area contributed by atoms with E-state index in [-0.39, 0.29) is 11.7 Å². The zero-order valence-electron chi connectivity index (χ0n) is 11.1. The van der Waals surface area contributed by atoms with E-state index in [0.717, 1.165) is 28.3 Å². The third-order valence-electron chi connectivity index (χ3n) is 3.61. The first-order chi connectivity index (χ1) is 9.70. The van der Waals surface area contributed by atoms with Crippen molar-refractivity contribution >= 4 is 17.2 Å².